The van der Waals surface area contributed by atoms with Crippen LogP contribution in [0.15, 0.2) is 41.7 Å². The minimum Gasteiger partial charge on any atom is -0.404 e. The molecule has 0 bridgehead atoms. The lowest BCUT2D eigenvalue weighted by molar-refractivity contribution is 0.410. The Kier molecular flexibility index (Phi) is 5.99. The van der Waals surface area contributed by atoms with Gasteiger partial charge in [-0.15, -0.1) is 5.10 Å². The Morgan fingerprint density at radius 2 is 2.00 bits per heavy atom. The fraction of sp³-hybridized carbons (Fsp3) is 0.381. The molecule has 3 aromatic rings. The Morgan fingerprint density at radius 1 is 1.23 bits per heavy atom. The van der Waals surface area contributed by atoms with Gasteiger partial charge in [0.2, 0.25) is 5.95 Å². The second kappa shape index (κ2) is 9.00. The number of nitrogens with two attached hydrogens (primary N) is 2. The maximum absolute atomic E-state index is 6.00. The summed E-state index contributed by atoms with van der Waals surface area (Å²) in [5.41, 5.74) is 15.8. The van der Waals surface area contributed by atoms with Crippen molar-refractivity contribution in [3.63, 3.8) is 0 Å². The van der Waals surface area contributed by atoms with E-state index in [2.05, 4.69) is 30.6 Å². The third-order valence-electron chi connectivity index (χ3n) is 5.34. The van der Waals surface area contributed by atoms with E-state index in [-0.39, 0.29) is 0 Å². The van der Waals surface area contributed by atoms with Gasteiger partial charge in [-0.3, -0.25) is 4.99 Å². The van der Waals surface area contributed by atoms with Crippen molar-refractivity contribution in [3.8, 4) is 5.69 Å². The SMILES string of the molecule is CCN=CC(=CN)c1ccc(-n2nnc3cnc(NC4CCC(N)CC4)nc32)cc1. The maximum Gasteiger partial charge on any atom is 0.225 e. The van der Waals surface area contributed by atoms with Crippen LogP contribution in [0.4, 0.5) is 5.95 Å². The Hall–Kier alpha value is -3.33. The van der Waals surface area contributed by atoms with E-state index >= 15 is 0 Å². The predicted octanol–water partition coefficient (Wildman–Crippen LogP) is 2.28. The summed E-state index contributed by atoms with van der Waals surface area (Å²) >= 11 is 0. The molecule has 1 saturated carbocycles. The van der Waals surface area contributed by atoms with Crippen molar-refractivity contribution in [2.75, 3.05) is 11.9 Å². The summed E-state index contributed by atoms with van der Waals surface area (Å²) in [5, 5.41) is 11.9. The molecule has 5 N–H and O–H groups in total. The summed E-state index contributed by atoms with van der Waals surface area (Å²) in [7, 11) is 0. The molecule has 9 heteroatoms. The predicted molar refractivity (Wildman–Crippen MR) is 120 cm³/mol. The van der Waals surface area contributed by atoms with Gasteiger partial charge in [0.25, 0.3) is 0 Å². The summed E-state index contributed by atoms with van der Waals surface area (Å²) in [6.45, 7) is 2.70. The molecule has 1 aliphatic carbocycles. The van der Waals surface area contributed by atoms with Crippen molar-refractivity contribution in [3.05, 3.63) is 42.2 Å². The van der Waals surface area contributed by atoms with Gasteiger partial charge in [0.1, 0.15) is 0 Å². The normalized spacial score (nSPS) is 20.1. The molecular formula is C21H27N9. The molecule has 0 spiro atoms. The number of aromatic nitrogens is 5. The highest BCUT2D eigenvalue weighted by Crippen LogP contribution is 2.22. The zero-order valence-electron chi connectivity index (χ0n) is 17.1. The van der Waals surface area contributed by atoms with Crippen LogP contribution in [0.25, 0.3) is 22.4 Å². The minimum absolute atomic E-state index is 0.308. The van der Waals surface area contributed by atoms with Gasteiger partial charge in [0, 0.05) is 36.6 Å². The van der Waals surface area contributed by atoms with Crippen molar-refractivity contribution in [2.45, 2.75) is 44.7 Å². The van der Waals surface area contributed by atoms with E-state index in [1.54, 1.807) is 23.3 Å². The van der Waals surface area contributed by atoms with Crippen LogP contribution in [-0.4, -0.2) is 49.8 Å². The number of anilines is 1. The zero-order chi connectivity index (χ0) is 20.9. The van der Waals surface area contributed by atoms with E-state index in [9.17, 15) is 0 Å². The number of nitrogens with one attached hydrogen (secondary N) is 1. The quantitative estimate of drug-likeness (QED) is 0.536. The second-order valence-corrected chi connectivity index (χ2v) is 7.46. The van der Waals surface area contributed by atoms with Crippen molar-refractivity contribution in [2.24, 2.45) is 16.5 Å². The van der Waals surface area contributed by atoms with E-state index in [0.29, 0.717) is 35.7 Å². The van der Waals surface area contributed by atoms with Crippen molar-refractivity contribution < 1.29 is 0 Å². The first-order valence-electron chi connectivity index (χ1n) is 10.3. The van der Waals surface area contributed by atoms with Crippen LogP contribution in [0.2, 0.25) is 0 Å². The third-order valence-corrected chi connectivity index (χ3v) is 5.34. The lowest BCUT2D eigenvalue weighted by Crippen LogP contribution is -2.33. The van der Waals surface area contributed by atoms with Gasteiger partial charge < -0.3 is 16.8 Å². The van der Waals surface area contributed by atoms with Crippen LogP contribution < -0.4 is 16.8 Å². The molecular weight excluding hydrogens is 378 g/mol. The number of hydrogen-bond acceptors (Lipinski definition) is 8. The van der Waals surface area contributed by atoms with Crippen LogP contribution in [0.3, 0.4) is 0 Å². The van der Waals surface area contributed by atoms with Crippen LogP contribution >= 0.6 is 0 Å². The van der Waals surface area contributed by atoms with Crippen LogP contribution in [-0.2, 0) is 0 Å². The molecule has 0 unspecified atom stereocenters. The minimum atomic E-state index is 0.308. The first-order chi connectivity index (χ1) is 14.7. The fourth-order valence-corrected chi connectivity index (χ4v) is 3.62. The lowest BCUT2D eigenvalue weighted by atomic mass is 9.92. The van der Waals surface area contributed by atoms with Gasteiger partial charge in [0.05, 0.1) is 11.9 Å². The highest BCUT2D eigenvalue weighted by Gasteiger charge is 2.19. The van der Waals surface area contributed by atoms with E-state index in [1.807, 2.05) is 31.2 Å². The van der Waals surface area contributed by atoms with Gasteiger partial charge in [-0.05, 0) is 50.3 Å². The molecule has 2 aromatic heterocycles. The molecule has 0 saturated heterocycles. The van der Waals surface area contributed by atoms with Crippen LogP contribution in [0, 0.1) is 0 Å². The molecule has 1 aromatic carbocycles. The molecule has 1 fully saturated rings. The smallest absolute Gasteiger partial charge is 0.225 e. The van der Waals surface area contributed by atoms with Gasteiger partial charge in [-0.25, -0.2) is 4.98 Å². The maximum atomic E-state index is 6.00. The number of benzene rings is 1. The molecule has 156 valence electrons. The number of allylic oxidation sites excluding steroid dienone is 1. The molecule has 9 nitrogen and oxygen atoms in total. The first kappa shape index (κ1) is 20.0. The van der Waals surface area contributed by atoms with Gasteiger partial charge >= 0.3 is 0 Å². The second-order valence-electron chi connectivity index (χ2n) is 7.46. The largest absolute Gasteiger partial charge is 0.404 e. The van der Waals surface area contributed by atoms with Crippen molar-refractivity contribution in [1.82, 2.24) is 25.0 Å². The topological polar surface area (TPSA) is 133 Å². The molecule has 0 radical (unpaired) electrons. The standard InChI is InChI=1S/C21H27N9/c1-2-24-12-15(11-22)14-3-9-18(10-4-14)30-20-19(28-29-30)13-25-21(27-20)26-17-7-5-16(23)6-8-17/h3-4,9-13,16-17H,2,5-8,22-23H2,1H3,(H,25,26,27). The van der Waals surface area contributed by atoms with E-state index < -0.39 is 0 Å². The van der Waals surface area contributed by atoms with Crippen molar-refractivity contribution >= 4 is 28.9 Å². The summed E-state index contributed by atoms with van der Waals surface area (Å²) in [6.07, 6.45) is 9.14. The number of nitrogens with zero attached hydrogens (tertiary/aromatic N) is 6. The zero-order valence-corrected chi connectivity index (χ0v) is 17.1. The van der Waals surface area contributed by atoms with Crippen LogP contribution in [0.1, 0.15) is 38.2 Å². The summed E-state index contributed by atoms with van der Waals surface area (Å²) in [6, 6.07) is 8.54. The number of fused-ring (bicyclic) bond motifs is 1. The Bertz CT molecular complexity index is 1040. The Morgan fingerprint density at radius 3 is 2.70 bits per heavy atom. The van der Waals surface area contributed by atoms with E-state index in [1.165, 1.54) is 0 Å². The average Bonchev–Trinajstić information content (AvgIpc) is 3.20. The molecule has 1 aliphatic rings. The number of rotatable bonds is 6. The third kappa shape index (κ3) is 4.30. The summed E-state index contributed by atoms with van der Waals surface area (Å²) in [4.78, 5) is 13.3. The molecule has 0 aliphatic heterocycles. The number of aliphatic imine (C=N–C) groups is 1. The molecule has 30 heavy (non-hydrogen) atoms. The highest BCUT2D eigenvalue weighted by atomic mass is 15.4. The summed E-state index contributed by atoms with van der Waals surface area (Å²) < 4.78 is 1.72. The fourth-order valence-electron chi connectivity index (χ4n) is 3.62. The van der Waals surface area contributed by atoms with E-state index in [0.717, 1.165) is 42.5 Å². The number of hydrogen-bond donors (Lipinski definition) is 3. The molecule has 4 rings (SSSR count). The highest BCUT2D eigenvalue weighted by molar-refractivity contribution is 6.09. The van der Waals surface area contributed by atoms with E-state index in [4.69, 9.17) is 11.5 Å². The van der Waals surface area contributed by atoms with Crippen molar-refractivity contribution in [1.29, 1.82) is 0 Å². The van der Waals surface area contributed by atoms with Gasteiger partial charge in [-0.1, -0.05) is 17.3 Å². The molecule has 2 heterocycles. The average molecular weight is 406 g/mol. The molecule has 0 atom stereocenters. The molecule has 0 amide bonds. The monoisotopic (exact) mass is 405 g/mol. The van der Waals surface area contributed by atoms with Gasteiger partial charge in [-0.2, -0.15) is 9.67 Å². The lowest BCUT2D eigenvalue weighted by Gasteiger charge is -2.26. The summed E-state index contributed by atoms with van der Waals surface area (Å²) in [5.74, 6) is 0.590. The first-order valence-corrected chi connectivity index (χ1v) is 10.3. The van der Waals surface area contributed by atoms with Crippen LogP contribution in [0.5, 0.6) is 0 Å². The Labute approximate surface area is 175 Å². The van der Waals surface area contributed by atoms with Gasteiger partial charge in [0.15, 0.2) is 11.2 Å². The Balaban J connectivity index is 1.57.